The summed E-state index contributed by atoms with van der Waals surface area (Å²) in [4.78, 5) is 0. The molecule has 2 aromatic carbocycles. The Hall–Kier alpha value is -1.73. The van der Waals surface area contributed by atoms with Gasteiger partial charge in [-0.2, -0.15) is 8.78 Å². The SMILES string of the molecule is CC1(C)OB(c2ccc3c(c2)C(F)(F)c2cc(B4OC(C)(C)C(C)(C)O4)ccc2-3)OC1(C)C. The first-order valence-corrected chi connectivity index (χ1v) is 11.4. The lowest BCUT2D eigenvalue weighted by Crippen LogP contribution is -2.41. The molecule has 33 heavy (non-hydrogen) atoms. The van der Waals surface area contributed by atoms with E-state index in [1.165, 1.54) is 12.1 Å². The van der Waals surface area contributed by atoms with Crippen molar-refractivity contribution in [2.45, 2.75) is 83.7 Å². The number of halogens is 2. The van der Waals surface area contributed by atoms with Gasteiger partial charge in [-0.25, -0.2) is 0 Å². The zero-order chi connectivity index (χ0) is 24.2. The van der Waals surface area contributed by atoms with Gasteiger partial charge < -0.3 is 18.6 Å². The molecule has 1 aliphatic carbocycles. The van der Waals surface area contributed by atoms with Crippen LogP contribution in [-0.4, -0.2) is 36.6 Å². The number of benzene rings is 2. The van der Waals surface area contributed by atoms with Gasteiger partial charge in [0.15, 0.2) is 0 Å². The molecular weight excluding hydrogens is 424 g/mol. The van der Waals surface area contributed by atoms with Crippen molar-refractivity contribution in [2.75, 3.05) is 0 Å². The molecule has 0 aromatic heterocycles. The summed E-state index contributed by atoms with van der Waals surface area (Å²) in [6.45, 7) is 15.6. The van der Waals surface area contributed by atoms with Crippen LogP contribution in [0.1, 0.15) is 66.5 Å². The van der Waals surface area contributed by atoms with Crippen LogP contribution in [0.2, 0.25) is 0 Å². The second-order valence-electron chi connectivity index (χ2n) is 11.4. The molecule has 4 nitrogen and oxygen atoms in total. The van der Waals surface area contributed by atoms with Gasteiger partial charge in [0, 0.05) is 11.1 Å². The fraction of sp³-hybridized carbons (Fsp3) is 0.520. The van der Waals surface area contributed by atoms with E-state index in [-0.39, 0.29) is 11.1 Å². The highest BCUT2D eigenvalue weighted by Crippen LogP contribution is 2.50. The molecule has 3 aliphatic rings. The molecule has 0 saturated carbocycles. The van der Waals surface area contributed by atoms with E-state index in [1.807, 2.05) is 67.5 Å². The molecular formula is C25H30B2F2O4. The van der Waals surface area contributed by atoms with Crippen LogP contribution < -0.4 is 10.9 Å². The van der Waals surface area contributed by atoms with Gasteiger partial charge in [-0.15, -0.1) is 0 Å². The Morgan fingerprint density at radius 1 is 0.545 bits per heavy atom. The van der Waals surface area contributed by atoms with Crippen molar-refractivity contribution in [3.8, 4) is 11.1 Å². The van der Waals surface area contributed by atoms with Crippen molar-refractivity contribution in [3.63, 3.8) is 0 Å². The molecule has 2 heterocycles. The standard InChI is InChI=1S/C25H30B2F2O4/c1-21(2)22(3,4)31-26(30-21)15-9-11-17-18-12-10-16(14-20(18)25(28,29)19(17)13-15)27-32-23(5,6)24(7,8)33-27/h9-14H,1-8H3. The highest BCUT2D eigenvalue weighted by Gasteiger charge is 2.54. The molecule has 5 rings (SSSR count). The fourth-order valence-electron chi connectivity index (χ4n) is 4.51. The fourth-order valence-corrected chi connectivity index (χ4v) is 4.51. The molecule has 2 fully saturated rings. The summed E-state index contributed by atoms with van der Waals surface area (Å²) in [6, 6.07) is 10.1. The van der Waals surface area contributed by atoms with E-state index in [0.717, 1.165) is 0 Å². The van der Waals surface area contributed by atoms with E-state index in [9.17, 15) is 0 Å². The molecule has 2 aromatic rings. The van der Waals surface area contributed by atoms with Gasteiger partial charge in [-0.05, 0) is 77.4 Å². The number of hydrogen-bond donors (Lipinski definition) is 0. The largest absolute Gasteiger partial charge is 0.494 e. The van der Waals surface area contributed by atoms with Crippen LogP contribution in [0, 0.1) is 0 Å². The monoisotopic (exact) mass is 454 g/mol. The zero-order valence-electron chi connectivity index (χ0n) is 20.5. The van der Waals surface area contributed by atoms with Gasteiger partial charge >= 0.3 is 14.2 Å². The van der Waals surface area contributed by atoms with Gasteiger partial charge in [0.1, 0.15) is 0 Å². The Labute approximate surface area is 195 Å². The smallest absolute Gasteiger partial charge is 0.399 e. The van der Waals surface area contributed by atoms with Gasteiger partial charge in [-0.1, -0.05) is 36.4 Å². The summed E-state index contributed by atoms with van der Waals surface area (Å²) in [7, 11) is -1.39. The lowest BCUT2D eigenvalue weighted by Gasteiger charge is -2.32. The third-order valence-electron chi connectivity index (χ3n) is 8.10. The summed E-state index contributed by atoms with van der Waals surface area (Å²) in [5.74, 6) is -3.15. The molecule has 0 N–H and O–H groups in total. The zero-order valence-corrected chi connectivity index (χ0v) is 20.5. The first kappa shape index (κ1) is 23.0. The lowest BCUT2D eigenvalue weighted by atomic mass is 9.77. The minimum atomic E-state index is -3.15. The van der Waals surface area contributed by atoms with Gasteiger partial charge in [-0.3, -0.25) is 0 Å². The summed E-state index contributed by atoms with van der Waals surface area (Å²) in [5, 5.41) is 0. The highest BCUT2D eigenvalue weighted by atomic mass is 19.3. The summed E-state index contributed by atoms with van der Waals surface area (Å²) in [5.41, 5.74) is -0.00488. The van der Waals surface area contributed by atoms with Crippen LogP contribution in [0.15, 0.2) is 36.4 Å². The van der Waals surface area contributed by atoms with Crippen molar-refractivity contribution in [2.24, 2.45) is 0 Å². The molecule has 0 atom stereocenters. The van der Waals surface area contributed by atoms with Crippen molar-refractivity contribution < 1.29 is 27.4 Å². The second-order valence-corrected chi connectivity index (χ2v) is 11.4. The summed E-state index contributed by atoms with van der Waals surface area (Å²) < 4.78 is 55.7. The maximum atomic E-state index is 15.7. The van der Waals surface area contributed by atoms with Crippen LogP contribution in [0.5, 0.6) is 0 Å². The van der Waals surface area contributed by atoms with Crippen molar-refractivity contribution in [1.82, 2.24) is 0 Å². The maximum Gasteiger partial charge on any atom is 0.494 e. The molecule has 2 aliphatic heterocycles. The van der Waals surface area contributed by atoms with E-state index in [2.05, 4.69) is 0 Å². The number of fused-ring (bicyclic) bond motifs is 3. The first-order chi connectivity index (χ1) is 15.1. The molecule has 0 radical (unpaired) electrons. The average molecular weight is 454 g/mol. The third kappa shape index (κ3) is 3.25. The summed E-state index contributed by atoms with van der Waals surface area (Å²) >= 11 is 0. The van der Waals surface area contributed by atoms with E-state index in [0.29, 0.717) is 22.1 Å². The maximum absolute atomic E-state index is 15.7. The Kier molecular flexibility index (Phi) is 4.67. The van der Waals surface area contributed by atoms with E-state index in [1.54, 1.807) is 12.1 Å². The topological polar surface area (TPSA) is 36.9 Å². The third-order valence-corrected chi connectivity index (χ3v) is 8.10. The number of hydrogen-bond acceptors (Lipinski definition) is 4. The van der Waals surface area contributed by atoms with Crippen LogP contribution >= 0.6 is 0 Å². The lowest BCUT2D eigenvalue weighted by molar-refractivity contribution is 0.00578. The minimum absolute atomic E-state index is 0.0317. The van der Waals surface area contributed by atoms with Crippen molar-refractivity contribution in [3.05, 3.63) is 47.5 Å². The van der Waals surface area contributed by atoms with Crippen LogP contribution in [0.4, 0.5) is 8.78 Å². The first-order valence-electron chi connectivity index (χ1n) is 11.4. The molecule has 8 heteroatoms. The minimum Gasteiger partial charge on any atom is -0.399 e. The van der Waals surface area contributed by atoms with Crippen LogP contribution in [0.3, 0.4) is 0 Å². The molecule has 0 bridgehead atoms. The van der Waals surface area contributed by atoms with E-state index in [4.69, 9.17) is 18.6 Å². The predicted octanol–water partition coefficient (Wildman–Crippen LogP) is 4.41. The predicted molar refractivity (Wildman–Crippen MR) is 126 cm³/mol. The molecule has 174 valence electrons. The average Bonchev–Trinajstić information content (AvgIpc) is 3.16. The quantitative estimate of drug-likeness (QED) is 0.631. The Balaban J connectivity index is 1.50. The van der Waals surface area contributed by atoms with Gasteiger partial charge in [0.2, 0.25) is 0 Å². The van der Waals surface area contributed by atoms with E-state index >= 15 is 8.78 Å². The number of alkyl halides is 2. The van der Waals surface area contributed by atoms with Crippen LogP contribution in [0.25, 0.3) is 11.1 Å². The second kappa shape index (κ2) is 6.69. The Morgan fingerprint density at radius 2 is 0.848 bits per heavy atom. The highest BCUT2D eigenvalue weighted by molar-refractivity contribution is 6.62. The van der Waals surface area contributed by atoms with Gasteiger partial charge in [0.25, 0.3) is 5.92 Å². The number of rotatable bonds is 2. The normalized spacial score (nSPS) is 25.3. The Morgan fingerprint density at radius 3 is 1.15 bits per heavy atom. The molecule has 0 unspecified atom stereocenters. The van der Waals surface area contributed by atoms with Crippen molar-refractivity contribution >= 4 is 25.2 Å². The summed E-state index contributed by atoms with van der Waals surface area (Å²) in [6.07, 6.45) is 0. The molecule has 0 amide bonds. The molecule has 2 saturated heterocycles. The van der Waals surface area contributed by atoms with Gasteiger partial charge in [0.05, 0.1) is 22.4 Å². The van der Waals surface area contributed by atoms with E-state index < -0.39 is 42.6 Å². The Bertz CT molecular complexity index is 1020. The van der Waals surface area contributed by atoms with Crippen molar-refractivity contribution in [1.29, 1.82) is 0 Å². The van der Waals surface area contributed by atoms with Crippen LogP contribution in [-0.2, 0) is 24.5 Å². The molecule has 0 spiro atoms.